The first-order valence-electron chi connectivity index (χ1n) is 11.0. The summed E-state index contributed by atoms with van der Waals surface area (Å²) in [5, 5.41) is 12.1. The number of imidazole rings is 1. The van der Waals surface area contributed by atoms with Crippen molar-refractivity contribution in [2.45, 2.75) is 11.6 Å². The van der Waals surface area contributed by atoms with Gasteiger partial charge in [0.05, 0.1) is 11.7 Å². The highest BCUT2D eigenvalue weighted by atomic mass is 16.4. The number of anilines is 1. The number of hydrogen-bond donors (Lipinski definition) is 2. The summed E-state index contributed by atoms with van der Waals surface area (Å²) >= 11 is 0. The minimum absolute atomic E-state index is 0.129. The van der Waals surface area contributed by atoms with Crippen LogP contribution in [0.3, 0.4) is 0 Å². The lowest BCUT2D eigenvalue weighted by molar-refractivity contribution is -0.116. The van der Waals surface area contributed by atoms with Gasteiger partial charge in [0.1, 0.15) is 11.9 Å². The molecule has 1 aliphatic heterocycles. The Kier molecular flexibility index (Phi) is 5.47. The Balaban J connectivity index is 1.56. The van der Waals surface area contributed by atoms with Crippen LogP contribution in [0.1, 0.15) is 27.3 Å². The van der Waals surface area contributed by atoms with Gasteiger partial charge in [0.2, 0.25) is 11.7 Å². The van der Waals surface area contributed by atoms with Crippen molar-refractivity contribution < 1.29 is 14.7 Å². The van der Waals surface area contributed by atoms with Gasteiger partial charge in [-0.05, 0) is 16.7 Å². The molecule has 0 saturated carbocycles. The van der Waals surface area contributed by atoms with E-state index in [9.17, 15) is 14.7 Å². The lowest BCUT2D eigenvalue weighted by Crippen LogP contribution is -2.40. The molecule has 7 nitrogen and oxygen atoms in total. The quantitative estimate of drug-likeness (QED) is 0.330. The van der Waals surface area contributed by atoms with Crippen molar-refractivity contribution in [1.29, 1.82) is 0 Å². The first kappa shape index (κ1) is 21.6. The van der Waals surface area contributed by atoms with Gasteiger partial charge in [-0.2, -0.15) is 0 Å². The minimum Gasteiger partial charge on any atom is -0.475 e. The molecule has 5 rings (SSSR count). The standard InChI is InChI=1S/C27H24N4O3/c1-30-23(17-28-24(30)26(33)34)29-25(32)22-18-31(22)27(19-11-5-2-6-12-19,20-13-7-3-8-14-20)21-15-9-4-10-16-21/h2-17,22H,18H2,1H3,(H,29,32)(H,33,34)/t22-,31?/m0/s1. The van der Waals surface area contributed by atoms with Crippen molar-refractivity contribution in [3.05, 3.63) is 120 Å². The van der Waals surface area contributed by atoms with Gasteiger partial charge in [-0.1, -0.05) is 91.0 Å². The Labute approximate surface area is 197 Å². The van der Waals surface area contributed by atoms with E-state index in [0.29, 0.717) is 12.4 Å². The molecule has 7 heteroatoms. The molecule has 170 valence electrons. The molecule has 1 amide bonds. The third kappa shape index (κ3) is 3.56. The number of nitrogens with one attached hydrogen (secondary N) is 1. The van der Waals surface area contributed by atoms with Crippen LogP contribution in [0.4, 0.5) is 5.82 Å². The fourth-order valence-electron chi connectivity index (χ4n) is 4.70. The first-order chi connectivity index (χ1) is 16.5. The average Bonchev–Trinajstić information content (AvgIpc) is 3.59. The van der Waals surface area contributed by atoms with Crippen molar-refractivity contribution in [3.8, 4) is 0 Å². The highest BCUT2D eigenvalue weighted by Gasteiger charge is 2.56. The molecule has 0 spiro atoms. The van der Waals surface area contributed by atoms with Crippen LogP contribution in [0.25, 0.3) is 0 Å². The molecule has 0 radical (unpaired) electrons. The van der Waals surface area contributed by atoms with Crippen LogP contribution in [0.5, 0.6) is 0 Å². The van der Waals surface area contributed by atoms with Gasteiger partial charge in [-0.15, -0.1) is 0 Å². The highest BCUT2D eigenvalue weighted by molar-refractivity contribution is 5.97. The fourth-order valence-corrected chi connectivity index (χ4v) is 4.70. The van der Waals surface area contributed by atoms with Crippen LogP contribution in [-0.2, 0) is 17.4 Å². The summed E-state index contributed by atoms with van der Waals surface area (Å²) in [5.74, 6) is -1.13. The van der Waals surface area contributed by atoms with E-state index in [1.165, 1.54) is 10.8 Å². The Bertz CT molecular complexity index is 1220. The zero-order valence-corrected chi connectivity index (χ0v) is 18.6. The molecule has 2 N–H and O–H groups in total. The molecule has 3 aromatic carbocycles. The molecule has 4 aromatic rings. The second kappa shape index (κ2) is 8.61. The van der Waals surface area contributed by atoms with Crippen LogP contribution in [0, 0.1) is 0 Å². The predicted molar refractivity (Wildman–Crippen MR) is 128 cm³/mol. The number of carboxylic acids is 1. The summed E-state index contributed by atoms with van der Waals surface area (Å²) in [6, 6.07) is 30.2. The SMILES string of the molecule is Cn1c(NC(=O)[C@@H]2CN2C(c2ccccc2)(c2ccccc2)c2ccccc2)cnc1C(=O)O. The molecule has 1 saturated heterocycles. The second-order valence-corrected chi connectivity index (χ2v) is 8.30. The number of carbonyl (C=O) groups excluding carboxylic acids is 1. The van der Waals surface area contributed by atoms with Crippen LogP contribution in [-0.4, -0.2) is 44.0 Å². The van der Waals surface area contributed by atoms with Crippen LogP contribution < -0.4 is 5.32 Å². The van der Waals surface area contributed by atoms with Crippen molar-refractivity contribution in [2.75, 3.05) is 11.9 Å². The van der Waals surface area contributed by atoms with E-state index in [1.807, 2.05) is 54.6 Å². The minimum atomic E-state index is -1.15. The monoisotopic (exact) mass is 452 g/mol. The Hall–Kier alpha value is -4.23. The van der Waals surface area contributed by atoms with Gasteiger partial charge in [0, 0.05) is 13.6 Å². The molecular formula is C27H24N4O3. The van der Waals surface area contributed by atoms with Gasteiger partial charge < -0.3 is 15.0 Å². The van der Waals surface area contributed by atoms with Crippen molar-refractivity contribution in [1.82, 2.24) is 14.5 Å². The summed E-state index contributed by atoms with van der Waals surface area (Å²) in [7, 11) is 1.57. The van der Waals surface area contributed by atoms with E-state index < -0.39 is 17.6 Å². The molecule has 2 atom stereocenters. The third-order valence-corrected chi connectivity index (χ3v) is 6.35. The molecule has 1 unspecified atom stereocenters. The van der Waals surface area contributed by atoms with E-state index in [-0.39, 0.29) is 11.7 Å². The van der Waals surface area contributed by atoms with Crippen molar-refractivity contribution >= 4 is 17.7 Å². The number of nitrogens with zero attached hydrogens (tertiary/aromatic N) is 3. The summed E-state index contributed by atoms with van der Waals surface area (Å²) in [5.41, 5.74) is 2.54. The van der Waals surface area contributed by atoms with E-state index in [0.717, 1.165) is 16.7 Å². The summed E-state index contributed by atoms with van der Waals surface area (Å²) in [6.07, 6.45) is 1.37. The molecule has 1 aromatic heterocycles. The zero-order valence-electron chi connectivity index (χ0n) is 18.6. The number of benzene rings is 3. The number of aromatic carboxylic acids is 1. The molecule has 0 aliphatic carbocycles. The zero-order chi connectivity index (χ0) is 23.7. The third-order valence-electron chi connectivity index (χ3n) is 6.35. The predicted octanol–water partition coefficient (Wildman–Crippen LogP) is 3.73. The lowest BCUT2D eigenvalue weighted by Gasteiger charge is -2.38. The molecular weight excluding hydrogens is 428 g/mol. The largest absolute Gasteiger partial charge is 0.475 e. The van der Waals surface area contributed by atoms with Gasteiger partial charge in [0.15, 0.2) is 0 Å². The number of hydrogen-bond acceptors (Lipinski definition) is 4. The van der Waals surface area contributed by atoms with Gasteiger partial charge in [0.25, 0.3) is 0 Å². The number of amides is 1. The Morgan fingerprint density at radius 1 is 0.882 bits per heavy atom. The van der Waals surface area contributed by atoms with Crippen LogP contribution in [0.15, 0.2) is 97.2 Å². The maximum atomic E-state index is 13.3. The fraction of sp³-hybridized carbons (Fsp3) is 0.148. The van der Waals surface area contributed by atoms with E-state index in [2.05, 4.69) is 51.6 Å². The lowest BCUT2D eigenvalue weighted by atomic mass is 9.76. The smallest absolute Gasteiger partial charge is 0.372 e. The summed E-state index contributed by atoms with van der Waals surface area (Å²) < 4.78 is 1.37. The molecule has 1 aliphatic rings. The van der Waals surface area contributed by atoms with Crippen LogP contribution >= 0.6 is 0 Å². The number of carboxylic acid groups (broad SMARTS) is 1. The van der Waals surface area contributed by atoms with Gasteiger partial charge in [-0.25, -0.2) is 9.78 Å². The number of aromatic nitrogens is 2. The van der Waals surface area contributed by atoms with Gasteiger partial charge in [-0.3, -0.25) is 9.69 Å². The van der Waals surface area contributed by atoms with Crippen molar-refractivity contribution in [2.24, 2.45) is 7.05 Å². The Morgan fingerprint density at radius 2 is 1.35 bits per heavy atom. The average molecular weight is 453 g/mol. The first-order valence-corrected chi connectivity index (χ1v) is 11.0. The van der Waals surface area contributed by atoms with Crippen molar-refractivity contribution in [3.63, 3.8) is 0 Å². The van der Waals surface area contributed by atoms with E-state index in [4.69, 9.17) is 0 Å². The van der Waals surface area contributed by atoms with E-state index in [1.54, 1.807) is 7.05 Å². The number of carbonyl (C=O) groups is 2. The maximum absolute atomic E-state index is 13.3. The molecule has 2 heterocycles. The maximum Gasteiger partial charge on any atom is 0.372 e. The summed E-state index contributed by atoms with van der Waals surface area (Å²) in [6.45, 7) is 0.550. The summed E-state index contributed by atoms with van der Waals surface area (Å²) in [4.78, 5) is 30.7. The second-order valence-electron chi connectivity index (χ2n) is 8.30. The molecule has 1 fully saturated rings. The molecule has 0 bridgehead atoms. The topological polar surface area (TPSA) is 87.2 Å². The normalized spacial score (nSPS) is 17.2. The van der Waals surface area contributed by atoms with Gasteiger partial charge >= 0.3 is 5.97 Å². The van der Waals surface area contributed by atoms with Crippen LogP contribution in [0.2, 0.25) is 0 Å². The van der Waals surface area contributed by atoms with E-state index >= 15 is 0 Å². The Morgan fingerprint density at radius 3 is 1.76 bits per heavy atom. The highest BCUT2D eigenvalue weighted by Crippen LogP contribution is 2.48. The number of rotatable bonds is 7. The molecule has 34 heavy (non-hydrogen) atoms.